The topological polar surface area (TPSA) is 100 Å². The van der Waals surface area contributed by atoms with Gasteiger partial charge >= 0.3 is 0 Å². The largest absolute Gasteiger partial charge is 0.331 e. The van der Waals surface area contributed by atoms with Crippen molar-refractivity contribution in [1.29, 1.82) is 0 Å². The molecule has 0 atom stereocenters. The Labute approximate surface area is 511 Å². The van der Waals surface area contributed by atoms with Crippen molar-refractivity contribution in [2.45, 2.75) is 220 Å². The van der Waals surface area contributed by atoms with E-state index in [2.05, 4.69) is 171 Å². The molecule has 4 aliphatic rings. The lowest BCUT2D eigenvalue weighted by Crippen LogP contribution is -1.92. The number of imidazole rings is 2. The second-order valence-corrected chi connectivity index (χ2v) is 20.4. The van der Waals surface area contributed by atoms with E-state index in [1.807, 2.05) is 148 Å². The highest BCUT2D eigenvalue weighted by atomic mass is 15.1. The summed E-state index contributed by atoms with van der Waals surface area (Å²) < 4.78 is 4.16. The molecule has 8 aromatic rings. The summed E-state index contributed by atoms with van der Waals surface area (Å²) in [5.74, 6) is 2.04. The molecule has 12 rings (SSSR count). The summed E-state index contributed by atoms with van der Waals surface area (Å²) in [5, 5.41) is 0. The molecule has 84 heavy (non-hydrogen) atoms. The van der Waals surface area contributed by atoms with Gasteiger partial charge in [0.2, 0.25) is 0 Å². The van der Waals surface area contributed by atoms with E-state index in [0.29, 0.717) is 0 Å². The number of pyridine rings is 5. The number of hydrogen-bond acceptors (Lipinski definition) is 7. The second-order valence-electron chi connectivity index (χ2n) is 20.4. The fraction of sp³-hybridized carbons (Fsp3) is 0.453. The maximum atomic E-state index is 4.38. The quantitative estimate of drug-likeness (QED) is 0.149. The van der Waals surface area contributed by atoms with Crippen LogP contribution in [-0.2, 0) is 39.8 Å². The van der Waals surface area contributed by atoms with Crippen LogP contribution in [-0.4, -0.2) is 44.0 Å². The van der Waals surface area contributed by atoms with E-state index in [0.717, 1.165) is 54.0 Å². The Bertz CT molecular complexity index is 3120. The molecule has 0 fully saturated rings. The summed E-state index contributed by atoms with van der Waals surface area (Å²) >= 11 is 0. The number of aromatic nitrogens is 9. The van der Waals surface area contributed by atoms with E-state index < -0.39 is 0 Å². The predicted molar refractivity (Wildman–Crippen MR) is 370 cm³/mol. The average molecular weight is 1140 g/mol. The summed E-state index contributed by atoms with van der Waals surface area (Å²) in [6.45, 7) is 58.3. The second kappa shape index (κ2) is 37.2. The molecule has 0 aliphatic heterocycles. The first-order valence-electron chi connectivity index (χ1n) is 31.3. The summed E-state index contributed by atoms with van der Waals surface area (Å²) in [5.41, 5.74) is 34.8. The molecule has 0 amide bonds. The van der Waals surface area contributed by atoms with Gasteiger partial charge in [-0.15, -0.1) is 0 Å². The van der Waals surface area contributed by atoms with Gasteiger partial charge < -0.3 is 9.13 Å². The van der Waals surface area contributed by atoms with E-state index >= 15 is 0 Å². The average Bonchev–Trinajstić information content (AvgIpc) is 4.53. The fourth-order valence-corrected chi connectivity index (χ4v) is 10.6. The van der Waals surface area contributed by atoms with Gasteiger partial charge in [0.05, 0.1) is 22.9 Å². The number of aryl methyl sites for hydroxylation is 10. The van der Waals surface area contributed by atoms with Crippen LogP contribution in [0.1, 0.15) is 228 Å². The van der Waals surface area contributed by atoms with Crippen LogP contribution in [0.3, 0.4) is 0 Å². The van der Waals surface area contributed by atoms with Gasteiger partial charge in [0.1, 0.15) is 17.2 Å². The van der Waals surface area contributed by atoms with Crippen molar-refractivity contribution in [2.75, 3.05) is 0 Å². The van der Waals surface area contributed by atoms with E-state index in [1.54, 1.807) is 12.4 Å². The highest BCUT2D eigenvalue weighted by Gasteiger charge is 2.20. The Morgan fingerprint density at radius 2 is 0.774 bits per heavy atom. The fourth-order valence-electron chi connectivity index (χ4n) is 10.6. The molecule has 7 aromatic heterocycles. The van der Waals surface area contributed by atoms with Crippen LogP contribution in [0.4, 0.5) is 0 Å². The van der Waals surface area contributed by atoms with Crippen molar-refractivity contribution in [2.24, 2.45) is 14.1 Å². The molecule has 0 unspecified atom stereocenters. The Balaban J connectivity index is 0.000000486. The Hall–Kier alpha value is -7.13. The van der Waals surface area contributed by atoms with E-state index in [9.17, 15) is 0 Å². The van der Waals surface area contributed by atoms with Crippen LogP contribution in [0, 0.1) is 55.4 Å². The predicted octanol–water partition coefficient (Wildman–Crippen LogP) is 20.9. The molecule has 4 aliphatic carbocycles. The van der Waals surface area contributed by atoms with Crippen molar-refractivity contribution in [3.05, 3.63) is 192 Å². The number of benzene rings is 1. The SMILES string of the molecule is CC.CC.CC.CC.CC.CC.CC1=C(C)c2c(C)cccc2C1.CC1=C(C)c2c(C)ccnc2C1.CC1=C(C)c2c(C)cncc2C1.CC1=C(C)c2c(ccnc2C)C1.Cc1ccnc2nc(C)n(C)c12.Cc1cncc2nc(C)n(C)c12. The normalized spacial score (nSPS) is 12.3. The lowest BCUT2D eigenvalue weighted by Gasteiger charge is -2.04. The van der Waals surface area contributed by atoms with Crippen LogP contribution in [0.2, 0.25) is 0 Å². The third-order valence-electron chi connectivity index (χ3n) is 15.3. The van der Waals surface area contributed by atoms with Gasteiger partial charge in [-0.3, -0.25) is 19.9 Å². The van der Waals surface area contributed by atoms with Crippen molar-refractivity contribution in [3.8, 4) is 0 Å². The Morgan fingerprint density at radius 1 is 0.345 bits per heavy atom. The number of allylic oxidation sites excluding steroid dienone is 8. The minimum absolute atomic E-state index is 0.843. The summed E-state index contributed by atoms with van der Waals surface area (Å²) in [6, 6.07) is 12.8. The van der Waals surface area contributed by atoms with Gasteiger partial charge in [-0.2, -0.15) is 0 Å². The van der Waals surface area contributed by atoms with Crippen LogP contribution in [0.15, 0.2) is 102 Å². The molecular formula is C75H111N9. The molecule has 0 radical (unpaired) electrons. The summed E-state index contributed by atoms with van der Waals surface area (Å²) in [4.78, 5) is 29.9. The molecule has 1 aromatic carbocycles. The standard InChI is InChI=1S/C12H14.3C11H13N.2C9H11N3.6C2H6/c1-8-5-4-6-11-7-9(2)10(3)12(8)11;1-7-4-10-6-12-5-8(2)11(10)9(7)3;1-7-6-10-4-5-12-9(3)11(10)8(7)2;1-7-4-5-12-10-6-8(2)9(3)11(7)10;1-6-4-10-5-8-9(6)12(3)7(2)11-8;1-6-4-5-10-9-8(6)12(3)7(2)11-9;6*1-2/h4-6H,7H2,1-3H3;5-6H,4H2,1-3H3;2*4-5H,6H2,1-3H3;2*4-5H,1-3H3;6*1-2H3. The van der Waals surface area contributed by atoms with Gasteiger partial charge in [-0.1, -0.05) is 124 Å². The number of hydrogen-bond donors (Lipinski definition) is 0. The van der Waals surface area contributed by atoms with Crippen molar-refractivity contribution < 1.29 is 0 Å². The van der Waals surface area contributed by atoms with Gasteiger partial charge in [0.25, 0.3) is 0 Å². The van der Waals surface area contributed by atoms with Gasteiger partial charge in [0.15, 0.2) is 5.65 Å². The Kier molecular flexibility index (Phi) is 33.2. The number of rotatable bonds is 0. The molecule has 9 nitrogen and oxygen atoms in total. The van der Waals surface area contributed by atoms with Gasteiger partial charge in [0, 0.05) is 74.5 Å². The van der Waals surface area contributed by atoms with Crippen molar-refractivity contribution in [3.63, 3.8) is 0 Å². The third kappa shape index (κ3) is 18.4. The molecule has 0 bridgehead atoms. The maximum Gasteiger partial charge on any atom is 0.178 e. The summed E-state index contributed by atoms with van der Waals surface area (Å²) in [6.07, 6.45) is 17.6. The highest BCUT2D eigenvalue weighted by molar-refractivity contribution is 5.80. The monoisotopic (exact) mass is 1140 g/mol. The molecule has 0 spiro atoms. The third-order valence-corrected chi connectivity index (χ3v) is 15.3. The first-order chi connectivity index (χ1) is 40.2. The molecule has 7 heterocycles. The van der Waals surface area contributed by atoms with Crippen LogP contribution in [0.5, 0.6) is 0 Å². The van der Waals surface area contributed by atoms with E-state index in [1.165, 1.54) is 128 Å². The minimum atomic E-state index is 0.843. The number of fused-ring (bicyclic) bond motifs is 6. The van der Waals surface area contributed by atoms with E-state index in [4.69, 9.17) is 0 Å². The molecule has 9 heteroatoms. The van der Waals surface area contributed by atoms with Gasteiger partial charge in [-0.25, -0.2) is 15.0 Å². The van der Waals surface area contributed by atoms with Crippen molar-refractivity contribution >= 4 is 44.5 Å². The first kappa shape index (κ1) is 74.9. The lowest BCUT2D eigenvalue weighted by molar-refractivity contribution is 0.883. The first-order valence-corrected chi connectivity index (χ1v) is 31.3. The lowest BCUT2D eigenvalue weighted by atomic mass is 10.0. The van der Waals surface area contributed by atoms with Crippen LogP contribution >= 0.6 is 0 Å². The highest BCUT2D eigenvalue weighted by Crippen LogP contribution is 2.36. The molecular weight excluding hydrogens is 1030 g/mol. The number of nitrogens with zero attached hydrogens (tertiary/aromatic N) is 9. The minimum Gasteiger partial charge on any atom is -0.331 e. The van der Waals surface area contributed by atoms with Crippen LogP contribution < -0.4 is 0 Å². The smallest absolute Gasteiger partial charge is 0.178 e. The Morgan fingerprint density at radius 3 is 1.30 bits per heavy atom. The molecule has 0 N–H and O–H groups in total. The molecule has 0 saturated heterocycles. The maximum absolute atomic E-state index is 4.38. The zero-order chi connectivity index (χ0) is 64.3. The zero-order valence-electron chi connectivity index (χ0n) is 58.4. The zero-order valence-corrected chi connectivity index (χ0v) is 58.4. The summed E-state index contributed by atoms with van der Waals surface area (Å²) in [7, 11) is 4.04. The molecule has 456 valence electrons. The molecule has 0 saturated carbocycles. The van der Waals surface area contributed by atoms with Gasteiger partial charge in [-0.05, 0) is 226 Å². The van der Waals surface area contributed by atoms with E-state index in [-0.39, 0.29) is 0 Å². The van der Waals surface area contributed by atoms with Crippen LogP contribution in [0.25, 0.3) is 44.5 Å². The van der Waals surface area contributed by atoms with Crippen molar-refractivity contribution in [1.82, 2.24) is 44.0 Å².